The van der Waals surface area contributed by atoms with Crippen molar-refractivity contribution < 1.29 is 4.74 Å². The molecule has 2 aromatic heterocycles. The Hall–Kier alpha value is -1.34. The molecule has 0 aliphatic heterocycles. The van der Waals surface area contributed by atoms with Gasteiger partial charge in [0.1, 0.15) is 10.5 Å². The first-order valence-corrected chi connectivity index (χ1v) is 7.34. The average Bonchev–Trinajstić information content (AvgIpc) is 3.07. The predicted molar refractivity (Wildman–Crippen MR) is 70.9 cm³/mol. The van der Waals surface area contributed by atoms with Gasteiger partial charge in [-0.3, -0.25) is 0 Å². The molecule has 0 unspecified atom stereocenters. The second-order valence-electron chi connectivity index (χ2n) is 4.10. The first kappa shape index (κ1) is 11.7. The monoisotopic (exact) mass is 280 g/mol. The normalized spacial score (nSPS) is 14.7. The van der Waals surface area contributed by atoms with Gasteiger partial charge in [-0.1, -0.05) is 11.3 Å². The topological polar surface area (TPSA) is 73.9 Å². The molecule has 18 heavy (non-hydrogen) atoms. The lowest BCUT2D eigenvalue weighted by Crippen LogP contribution is -2.04. The Labute approximate surface area is 113 Å². The second kappa shape index (κ2) is 5.11. The molecule has 1 aliphatic carbocycles. The van der Waals surface area contributed by atoms with Gasteiger partial charge in [0, 0.05) is 0 Å². The fourth-order valence-corrected chi connectivity index (χ4v) is 2.77. The standard InChI is InChI=1S/C11H12N4OS2/c12-8-3-4-9(18-11-15-13-6-17-11)14-10(8)16-5-7-1-2-7/h3-4,6-7H,1-2,5,12H2. The maximum Gasteiger partial charge on any atom is 0.238 e. The van der Waals surface area contributed by atoms with Crippen molar-refractivity contribution in [2.24, 2.45) is 5.92 Å². The molecule has 2 N–H and O–H groups in total. The van der Waals surface area contributed by atoms with Crippen molar-refractivity contribution in [3.63, 3.8) is 0 Å². The molecule has 1 fully saturated rings. The first-order valence-electron chi connectivity index (χ1n) is 5.64. The van der Waals surface area contributed by atoms with E-state index < -0.39 is 0 Å². The Bertz CT molecular complexity index is 528. The van der Waals surface area contributed by atoms with E-state index in [0.29, 0.717) is 24.1 Å². The van der Waals surface area contributed by atoms with E-state index in [9.17, 15) is 0 Å². The van der Waals surface area contributed by atoms with E-state index in [0.717, 1.165) is 9.37 Å². The Balaban J connectivity index is 1.72. The lowest BCUT2D eigenvalue weighted by atomic mass is 10.4. The fraction of sp³-hybridized carbons (Fsp3) is 0.364. The van der Waals surface area contributed by atoms with Gasteiger partial charge in [-0.2, -0.15) is 0 Å². The summed E-state index contributed by atoms with van der Waals surface area (Å²) < 4.78 is 6.50. The van der Waals surface area contributed by atoms with Gasteiger partial charge < -0.3 is 10.5 Å². The minimum Gasteiger partial charge on any atom is -0.476 e. The molecular weight excluding hydrogens is 268 g/mol. The molecule has 1 saturated carbocycles. The summed E-state index contributed by atoms with van der Waals surface area (Å²) in [6.07, 6.45) is 2.50. The molecule has 2 heterocycles. The number of anilines is 1. The SMILES string of the molecule is Nc1ccc(Sc2nncs2)nc1OCC1CC1. The second-order valence-corrected chi connectivity index (χ2v) is 6.21. The summed E-state index contributed by atoms with van der Waals surface area (Å²) in [7, 11) is 0. The molecule has 0 amide bonds. The van der Waals surface area contributed by atoms with Gasteiger partial charge in [0.25, 0.3) is 0 Å². The summed E-state index contributed by atoms with van der Waals surface area (Å²) in [5.41, 5.74) is 8.13. The minimum atomic E-state index is 0.524. The van der Waals surface area contributed by atoms with Crippen LogP contribution < -0.4 is 10.5 Å². The van der Waals surface area contributed by atoms with Gasteiger partial charge in [-0.15, -0.1) is 10.2 Å². The van der Waals surface area contributed by atoms with Crippen LogP contribution in [-0.4, -0.2) is 21.8 Å². The molecule has 1 aliphatic rings. The Morgan fingerprint density at radius 3 is 3.06 bits per heavy atom. The van der Waals surface area contributed by atoms with Gasteiger partial charge in [-0.05, 0) is 42.7 Å². The highest BCUT2D eigenvalue weighted by atomic mass is 32.2. The van der Waals surface area contributed by atoms with E-state index in [1.807, 2.05) is 12.1 Å². The zero-order valence-electron chi connectivity index (χ0n) is 9.57. The number of aromatic nitrogens is 3. The third kappa shape index (κ3) is 2.91. The number of rotatable bonds is 5. The molecule has 5 nitrogen and oxygen atoms in total. The number of ether oxygens (including phenoxy) is 1. The number of nitrogens with zero attached hydrogens (tertiary/aromatic N) is 3. The molecule has 0 bridgehead atoms. The number of nitrogens with two attached hydrogens (primary N) is 1. The van der Waals surface area contributed by atoms with E-state index >= 15 is 0 Å². The van der Waals surface area contributed by atoms with Crippen LogP contribution in [0, 0.1) is 5.92 Å². The van der Waals surface area contributed by atoms with Crippen LogP contribution in [-0.2, 0) is 0 Å². The average molecular weight is 280 g/mol. The van der Waals surface area contributed by atoms with Crippen LogP contribution >= 0.6 is 23.1 Å². The highest BCUT2D eigenvalue weighted by Gasteiger charge is 2.22. The van der Waals surface area contributed by atoms with E-state index in [2.05, 4.69) is 15.2 Å². The minimum absolute atomic E-state index is 0.524. The van der Waals surface area contributed by atoms with E-state index in [1.54, 1.807) is 5.51 Å². The first-order chi connectivity index (χ1) is 8.81. The van der Waals surface area contributed by atoms with Gasteiger partial charge in [0.2, 0.25) is 5.88 Å². The molecule has 0 spiro atoms. The quantitative estimate of drug-likeness (QED) is 0.907. The van der Waals surface area contributed by atoms with E-state index in [-0.39, 0.29) is 0 Å². The number of hydrogen-bond donors (Lipinski definition) is 1. The molecule has 0 atom stereocenters. The summed E-state index contributed by atoms with van der Waals surface area (Å²) in [5, 5.41) is 8.58. The van der Waals surface area contributed by atoms with Crippen molar-refractivity contribution in [3.05, 3.63) is 17.6 Å². The molecule has 3 rings (SSSR count). The summed E-state index contributed by atoms with van der Waals surface area (Å²) in [4.78, 5) is 4.40. The van der Waals surface area contributed by atoms with Crippen LogP contribution in [0.3, 0.4) is 0 Å². The smallest absolute Gasteiger partial charge is 0.238 e. The van der Waals surface area contributed by atoms with E-state index in [1.165, 1.54) is 35.9 Å². The van der Waals surface area contributed by atoms with Gasteiger partial charge in [0.05, 0.1) is 12.3 Å². The third-order valence-electron chi connectivity index (χ3n) is 2.55. The van der Waals surface area contributed by atoms with Crippen LogP contribution in [0.4, 0.5) is 5.69 Å². The van der Waals surface area contributed by atoms with Gasteiger partial charge in [-0.25, -0.2) is 4.98 Å². The molecule has 0 aromatic carbocycles. The molecule has 0 radical (unpaired) electrons. The number of pyridine rings is 1. The van der Waals surface area contributed by atoms with Gasteiger partial charge >= 0.3 is 0 Å². The molecule has 94 valence electrons. The zero-order chi connectivity index (χ0) is 12.4. The summed E-state index contributed by atoms with van der Waals surface area (Å²) in [5.74, 6) is 1.21. The van der Waals surface area contributed by atoms with Crippen LogP contribution in [0.5, 0.6) is 5.88 Å². The number of nitrogen functional groups attached to an aromatic ring is 1. The van der Waals surface area contributed by atoms with Crippen molar-refractivity contribution in [3.8, 4) is 5.88 Å². The highest BCUT2D eigenvalue weighted by Crippen LogP contribution is 2.33. The largest absolute Gasteiger partial charge is 0.476 e. The number of hydrogen-bond acceptors (Lipinski definition) is 7. The van der Waals surface area contributed by atoms with Crippen molar-refractivity contribution in [1.82, 2.24) is 15.2 Å². The predicted octanol–water partition coefficient (Wildman–Crippen LogP) is 2.46. The van der Waals surface area contributed by atoms with Crippen molar-refractivity contribution in [2.45, 2.75) is 22.2 Å². The van der Waals surface area contributed by atoms with Gasteiger partial charge in [0.15, 0.2) is 4.34 Å². The van der Waals surface area contributed by atoms with Crippen LogP contribution in [0.2, 0.25) is 0 Å². The lowest BCUT2D eigenvalue weighted by Gasteiger charge is -2.08. The molecule has 0 saturated heterocycles. The van der Waals surface area contributed by atoms with Crippen LogP contribution in [0.15, 0.2) is 27.0 Å². The molecule has 7 heteroatoms. The highest BCUT2D eigenvalue weighted by molar-refractivity contribution is 8.00. The fourth-order valence-electron chi connectivity index (χ4n) is 1.38. The lowest BCUT2D eigenvalue weighted by molar-refractivity contribution is 0.288. The third-order valence-corrected chi connectivity index (χ3v) is 4.26. The van der Waals surface area contributed by atoms with Crippen LogP contribution in [0.25, 0.3) is 0 Å². The molecular formula is C11H12N4OS2. The Kier molecular flexibility index (Phi) is 3.33. The van der Waals surface area contributed by atoms with Crippen LogP contribution in [0.1, 0.15) is 12.8 Å². The molecule has 2 aromatic rings. The Morgan fingerprint density at radius 1 is 1.44 bits per heavy atom. The maximum absolute atomic E-state index is 5.85. The van der Waals surface area contributed by atoms with E-state index in [4.69, 9.17) is 10.5 Å². The maximum atomic E-state index is 5.85. The Morgan fingerprint density at radius 2 is 2.33 bits per heavy atom. The van der Waals surface area contributed by atoms with Crippen molar-refractivity contribution in [2.75, 3.05) is 12.3 Å². The summed E-state index contributed by atoms with van der Waals surface area (Å²) >= 11 is 2.95. The van der Waals surface area contributed by atoms with Crippen molar-refractivity contribution >= 4 is 28.8 Å². The summed E-state index contributed by atoms with van der Waals surface area (Å²) in [6, 6.07) is 3.68. The summed E-state index contributed by atoms with van der Waals surface area (Å²) in [6.45, 7) is 0.712. The van der Waals surface area contributed by atoms with Crippen molar-refractivity contribution in [1.29, 1.82) is 0 Å². The zero-order valence-corrected chi connectivity index (χ0v) is 11.2.